The molecule has 1 aromatic carbocycles. The van der Waals surface area contributed by atoms with Gasteiger partial charge in [0.05, 0.1) is 7.11 Å². The third-order valence-electron chi connectivity index (χ3n) is 3.37. The van der Waals surface area contributed by atoms with Gasteiger partial charge in [0.1, 0.15) is 23.1 Å². The Morgan fingerprint density at radius 1 is 1.21 bits per heavy atom. The van der Waals surface area contributed by atoms with Gasteiger partial charge in [0.2, 0.25) is 0 Å². The minimum Gasteiger partial charge on any atom is -0.497 e. The minimum absolute atomic E-state index is 0.219. The fourth-order valence-corrected chi connectivity index (χ4v) is 2.10. The Balaban J connectivity index is 2.00. The standard InChI is InChI=1S/C18H24N4O2/c1-12(2)10-19-17-9-16(21-13(3)22-17)18(23)20-11-14-5-7-15(24-4)8-6-14/h5-9,12H,10-11H2,1-4H3,(H,20,23)(H,19,21,22). The van der Waals surface area contributed by atoms with Crippen LogP contribution in [0.5, 0.6) is 5.75 Å². The van der Waals surface area contributed by atoms with Crippen molar-refractivity contribution < 1.29 is 9.53 Å². The highest BCUT2D eigenvalue weighted by molar-refractivity contribution is 5.92. The molecule has 0 atom stereocenters. The molecule has 0 aliphatic heterocycles. The van der Waals surface area contributed by atoms with Gasteiger partial charge >= 0.3 is 0 Å². The number of ether oxygens (including phenoxy) is 1. The molecule has 1 aromatic heterocycles. The SMILES string of the molecule is COc1ccc(CNC(=O)c2cc(NCC(C)C)nc(C)n2)cc1. The van der Waals surface area contributed by atoms with Gasteiger partial charge in [-0.15, -0.1) is 0 Å². The van der Waals surface area contributed by atoms with Crippen LogP contribution in [0.3, 0.4) is 0 Å². The van der Waals surface area contributed by atoms with Gasteiger partial charge in [-0.05, 0) is 30.5 Å². The highest BCUT2D eigenvalue weighted by Gasteiger charge is 2.10. The van der Waals surface area contributed by atoms with Crippen LogP contribution in [0.1, 0.15) is 35.7 Å². The molecule has 0 saturated heterocycles. The van der Waals surface area contributed by atoms with E-state index >= 15 is 0 Å². The Morgan fingerprint density at radius 3 is 2.54 bits per heavy atom. The summed E-state index contributed by atoms with van der Waals surface area (Å²) in [5, 5.41) is 6.10. The van der Waals surface area contributed by atoms with E-state index in [4.69, 9.17) is 4.74 Å². The lowest BCUT2D eigenvalue weighted by atomic mass is 10.2. The van der Waals surface area contributed by atoms with Crippen molar-refractivity contribution in [1.29, 1.82) is 0 Å². The van der Waals surface area contributed by atoms with Gasteiger partial charge in [0, 0.05) is 19.2 Å². The molecule has 128 valence electrons. The quantitative estimate of drug-likeness (QED) is 0.817. The number of rotatable bonds is 7. The van der Waals surface area contributed by atoms with Crippen molar-refractivity contribution in [3.8, 4) is 5.75 Å². The number of aryl methyl sites for hydroxylation is 1. The van der Waals surface area contributed by atoms with E-state index in [9.17, 15) is 4.79 Å². The maximum Gasteiger partial charge on any atom is 0.270 e. The molecular weight excluding hydrogens is 304 g/mol. The van der Waals surface area contributed by atoms with Gasteiger partial charge in [-0.25, -0.2) is 9.97 Å². The molecule has 2 aromatic rings. The molecule has 1 heterocycles. The minimum atomic E-state index is -0.219. The number of amides is 1. The molecule has 0 aliphatic rings. The lowest BCUT2D eigenvalue weighted by Gasteiger charge is -2.11. The van der Waals surface area contributed by atoms with E-state index in [1.54, 1.807) is 20.1 Å². The monoisotopic (exact) mass is 328 g/mol. The average Bonchev–Trinajstić information content (AvgIpc) is 2.57. The summed E-state index contributed by atoms with van der Waals surface area (Å²) in [6.07, 6.45) is 0. The van der Waals surface area contributed by atoms with Crippen LogP contribution >= 0.6 is 0 Å². The molecule has 0 spiro atoms. The number of hydrogen-bond acceptors (Lipinski definition) is 5. The molecule has 24 heavy (non-hydrogen) atoms. The van der Waals surface area contributed by atoms with Gasteiger partial charge in [0.25, 0.3) is 5.91 Å². The van der Waals surface area contributed by atoms with Gasteiger partial charge < -0.3 is 15.4 Å². The highest BCUT2D eigenvalue weighted by atomic mass is 16.5. The summed E-state index contributed by atoms with van der Waals surface area (Å²) >= 11 is 0. The summed E-state index contributed by atoms with van der Waals surface area (Å²) in [6, 6.07) is 9.24. The second kappa shape index (κ2) is 8.29. The van der Waals surface area contributed by atoms with Crippen LogP contribution in [0.2, 0.25) is 0 Å². The Hall–Kier alpha value is -2.63. The predicted molar refractivity (Wildman–Crippen MR) is 94.3 cm³/mol. The summed E-state index contributed by atoms with van der Waals surface area (Å²) in [6.45, 7) is 7.23. The van der Waals surface area contributed by atoms with Crippen molar-refractivity contribution in [2.75, 3.05) is 19.0 Å². The summed E-state index contributed by atoms with van der Waals surface area (Å²) in [5.41, 5.74) is 1.36. The molecule has 1 amide bonds. The summed E-state index contributed by atoms with van der Waals surface area (Å²) in [4.78, 5) is 20.9. The van der Waals surface area contributed by atoms with Crippen molar-refractivity contribution in [3.05, 3.63) is 47.4 Å². The number of nitrogens with zero attached hydrogens (tertiary/aromatic N) is 2. The molecule has 6 heteroatoms. The third kappa shape index (κ3) is 5.22. The highest BCUT2D eigenvalue weighted by Crippen LogP contribution is 2.12. The van der Waals surface area contributed by atoms with Crippen LogP contribution in [-0.4, -0.2) is 29.5 Å². The molecule has 6 nitrogen and oxygen atoms in total. The molecular formula is C18H24N4O2. The fourth-order valence-electron chi connectivity index (χ4n) is 2.10. The first-order valence-electron chi connectivity index (χ1n) is 7.98. The van der Waals surface area contributed by atoms with E-state index in [-0.39, 0.29) is 5.91 Å². The van der Waals surface area contributed by atoms with Crippen LogP contribution in [-0.2, 0) is 6.54 Å². The lowest BCUT2D eigenvalue weighted by molar-refractivity contribution is 0.0945. The Labute approximate surface area is 142 Å². The van der Waals surface area contributed by atoms with E-state index in [1.165, 1.54) is 0 Å². The Bertz CT molecular complexity index is 684. The third-order valence-corrected chi connectivity index (χ3v) is 3.37. The van der Waals surface area contributed by atoms with Crippen LogP contribution in [0, 0.1) is 12.8 Å². The second-order valence-corrected chi connectivity index (χ2v) is 5.99. The number of methoxy groups -OCH3 is 1. The number of carbonyl (C=O) groups excluding carboxylic acids is 1. The summed E-state index contributed by atoms with van der Waals surface area (Å²) in [5.74, 6) is 2.30. The zero-order chi connectivity index (χ0) is 17.5. The fraction of sp³-hybridized carbons (Fsp3) is 0.389. The first-order valence-corrected chi connectivity index (χ1v) is 7.98. The molecule has 0 unspecified atom stereocenters. The van der Waals surface area contributed by atoms with Crippen LogP contribution < -0.4 is 15.4 Å². The van der Waals surface area contributed by atoms with Crippen LogP contribution in [0.25, 0.3) is 0 Å². The molecule has 2 N–H and O–H groups in total. The molecule has 0 fully saturated rings. The first kappa shape index (κ1) is 17.7. The number of hydrogen-bond donors (Lipinski definition) is 2. The first-order chi connectivity index (χ1) is 11.5. The topological polar surface area (TPSA) is 76.1 Å². The van der Waals surface area contributed by atoms with Gasteiger partial charge in [-0.1, -0.05) is 26.0 Å². The van der Waals surface area contributed by atoms with Gasteiger partial charge in [-0.3, -0.25) is 4.79 Å². The maximum atomic E-state index is 12.3. The van der Waals surface area contributed by atoms with E-state index < -0.39 is 0 Å². The van der Waals surface area contributed by atoms with E-state index in [0.717, 1.165) is 17.9 Å². The zero-order valence-electron chi connectivity index (χ0n) is 14.6. The Morgan fingerprint density at radius 2 is 1.92 bits per heavy atom. The molecule has 0 saturated carbocycles. The largest absolute Gasteiger partial charge is 0.497 e. The molecule has 2 rings (SSSR count). The summed E-state index contributed by atoms with van der Waals surface area (Å²) < 4.78 is 5.12. The second-order valence-electron chi connectivity index (χ2n) is 5.99. The van der Waals surface area contributed by atoms with Crippen LogP contribution in [0.15, 0.2) is 30.3 Å². The van der Waals surface area contributed by atoms with Crippen molar-refractivity contribution in [3.63, 3.8) is 0 Å². The molecule has 0 aliphatic carbocycles. The van der Waals surface area contributed by atoms with Crippen molar-refractivity contribution in [2.24, 2.45) is 5.92 Å². The van der Waals surface area contributed by atoms with Crippen molar-refractivity contribution >= 4 is 11.7 Å². The van der Waals surface area contributed by atoms with Crippen molar-refractivity contribution in [2.45, 2.75) is 27.3 Å². The Kier molecular flexibility index (Phi) is 6.12. The summed E-state index contributed by atoms with van der Waals surface area (Å²) in [7, 11) is 1.62. The van der Waals surface area contributed by atoms with E-state index in [1.807, 2.05) is 24.3 Å². The van der Waals surface area contributed by atoms with E-state index in [0.29, 0.717) is 29.8 Å². The number of carbonyl (C=O) groups is 1. The molecule has 0 bridgehead atoms. The number of nitrogens with one attached hydrogen (secondary N) is 2. The van der Waals surface area contributed by atoms with E-state index in [2.05, 4.69) is 34.4 Å². The molecule has 0 radical (unpaired) electrons. The smallest absolute Gasteiger partial charge is 0.270 e. The normalized spacial score (nSPS) is 10.5. The number of benzene rings is 1. The predicted octanol–water partition coefficient (Wildman–Crippen LogP) is 2.79. The number of aromatic nitrogens is 2. The van der Waals surface area contributed by atoms with Gasteiger partial charge in [-0.2, -0.15) is 0 Å². The van der Waals surface area contributed by atoms with Gasteiger partial charge in [0.15, 0.2) is 0 Å². The number of anilines is 1. The maximum absolute atomic E-state index is 12.3. The average molecular weight is 328 g/mol. The van der Waals surface area contributed by atoms with Crippen LogP contribution in [0.4, 0.5) is 5.82 Å². The van der Waals surface area contributed by atoms with Crippen molar-refractivity contribution in [1.82, 2.24) is 15.3 Å². The lowest BCUT2D eigenvalue weighted by Crippen LogP contribution is -2.24. The zero-order valence-corrected chi connectivity index (χ0v) is 14.6.